The average molecular weight is 299 g/mol. The third kappa shape index (κ3) is 3.12. The normalized spacial score (nSPS) is 11.2. The molecule has 3 aromatic carbocycles. The van der Waals surface area contributed by atoms with Crippen LogP contribution in [0.2, 0.25) is 0 Å². The first-order valence-corrected chi connectivity index (χ1v) is 7.12. The van der Waals surface area contributed by atoms with Crippen LogP contribution in [0.15, 0.2) is 66.7 Å². The number of aromatic carboxylic acids is 1. The second-order valence-corrected chi connectivity index (χ2v) is 5.16. The summed E-state index contributed by atoms with van der Waals surface area (Å²) in [5.41, 5.74) is 2.40. The highest BCUT2D eigenvalue weighted by atomic mass is 16.4. The van der Waals surface area contributed by atoms with Crippen molar-refractivity contribution in [1.29, 1.82) is 5.26 Å². The van der Waals surface area contributed by atoms with E-state index in [0.717, 1.165) is 21.9 Å². The van der Waals surface area contributed by atoms with Crippen LogP contribution >= 0.6 is 0 Å². The van der Waals surface area contributed by atoms with Gasteiger partial charge in [-0.3, -0.25) is 0 Å². The Morgan fingerprint density at radius 2 is 1.57 bits per heavy atom. The minimum Gasteiger partial charge on any atom is -0.478 e. The molecule has 0 saturated heterocycles. The van der Waals surface area contributed by atoms with Gasteiger partial charge >= 0.3 is 5.97 Å². The van der Waals surface area contributed by atoms with E-state index in [1.54, 1.807) is 18.2 Å². The van der Waals surface area contributed by atoms with Crippen LogP contribution in [-0.4, -0.2) is 11.1 Å². The van der Waals surface area contributed by atoms with E-state index in [1.165, 1.54) is 12.1 Å². The predicted octanol–water partition coefficient (Wildman–Crippen LogP) is 4.60. The van der Waals surface area contributed by atoms with Crippen LogP contribution in [0.4, 0.5) is 0 Å². The molecule has 0 fully saturated rings. The number of benzene rings is 3. The molecule has 0 unspecified atom stereocenters. The lowest BCUT2D eigenvalue weighted by Crippen LogP contribution is -1.94. The SMILES string of the molecule is N#C/C(=C\c1ccc(C(=O)O)cc1)c1ccc2ccccc2c1. The van der Waals surface area contributed by atoms with Gasteiger partial charge in [0.25, 0.3) is 0 Å². The zero-order valence-corrected chi connectivity index (χ0v) is 12.2. The second kappa shape index (κ2) is 6.17. The van der Waals surface area contributed by atoms with Crippen molar-refractivity contribution in [3.8, 4) is 6.07 Å². The number of allylic oxidation sites excluding steroid dienone is 1. The third-order valence-corrected chi connectivity index (χ3v) is 3.65. The van der Waals surface area contributed by atoms with Crippen molar-refractivity contribution in [2.75, 3.05) is 0 Å². The molecule has 3 rings (SSSR count). The van der Waals surface area contributed by atoms with Crippen LogP contribution in [0.3, 0.4) is 0 Å². The van der Waals surface area contributed by atoms with Crippen LogP contribution in [0.1, 0.15) is 21.5 Å². The van der Waals surface area contributed by atoms with E-state index in [2.05, 4.69) is 6.07 Å². The molecule has 0 bridgehead atoms. The Hall–Kier alpha value is -3.38. The molecule has 0 heterocycles. The Kier molecular flexibility index (Phi) is 3.90. The fraction of sp³-hybridized carbons (Fsp3) is 0. The number of carbonyl (C=O) groups is 1. The Morgan fingerprint density at radius 3 is 2.22 bits per heavy atom. The lowest BCUT2D eigenvalue weighted by molar-refractivity contribution is 0.0697. The minimum absolute atomic E-state index is 0.228. The number of nitrogens with zero attached hydrogens (tertiary/aromatic N) is 1. The van der Waals surface area contributed by atoms with E-state index < -0.39 is 5.97 Å². The summed E-state index contributed by atoms with van der Waals surface area (Å²) >= 11 is 0. The topological polar surface area (TPSA) is 61.1 Å². The molecule has 3 aromatic rings. The Morgan fingerprint density at radius 1 is 0.913 bits per heavy atom. The van der Waals surface area contributed by atoms with Gasteiger partial charge in [-0.15, -0.1) is 0 Å². The Labute approximate surface area is 133 Å². The zero-order valence-electron chi connectivity index (χ0n) is 12.2. The number of carboxylic acid groups (broad SMARTS) is 1. The zero-order chi connectivity index (χ0) is 16.2. The Bertz CT molecular complexity index is 947. The second-order valence-electron chi connectivity index (χ2n) is 5.16. The highest BCUT2D eigenvalue weighted by Crippen LogP contribution is 2.23. The molecule has 0 atom stereocenters. The number of rotatable bonds is 3. The molecule has 0 amide bonds. The van der Waals surface area contributed by atoms with E-state index in [9.17, 15) is 10.1 Å². The maximum absolute atomic E-state index is 10.9. The predicted molar refractivity (Wildman–Crippen MR) is 90.8 cm³/mol. The van der Waals surface area contributed by atoms with E-state index in [4.69, 9.17) is 5.11 Å². The van der Waals surface area contributed by atoms with Crippen molar-refractivity contribution in [3.05, 3.63) is 83.4 Å². The molecule has 0 spiro atoms. The molecule has 0 aliphatic carbocycles. The van der Waals surface area contributed by atoms with Crippen molar-refractivity contribution < 1.29 is 9.90 Å². The summed E-state index contributed by atoms with van der Waals surface area (Å²) in [6, 6.07) is 22.5. The van der Waals surface area contributed by atoms with Crippen LogP contribution < -0.4 is 0 Å². The number of hydrogen-bond donors (Lipinski definition) is 1. The Balaban J connectivity index is 2.00. The number of hydrogen-bond acceptors (Lipinski definition) is 2. The van der Waals surface area contributed by atoms with Gasteiger partial charge in [0.05, 0.1) is 17.2 Å². The molecule has 0 aliphatic heterocycles. The summed E-state index contributed by atoms with van der Waals surface area (Å²) < 4.78 is 0. The van der Waals surface area contributed by atoms with Crippen LogP contribution in [0.25, 0.3) is 22.4 Å². The molecule has 3 nitrogen and oxygen atoms in total. The smallest absolute Gasteiger partial charge is 0.335 e. The van der Waals surface area contributed by atoms with E-state index >= 15 is 0 Å². The van der Waals surface area contributed by atoms with E-state index in [-0.39, 0.29) is 5.56 Å². The average Bonchev–Trinajstić information content (AvgIpc) is 2.59. The van der Waals surface area contributed by atoms with Crippen LogP contribution in [0, 0.1) is 11.3 Å². The minimum atomic E-state index is -0.962. The number of fused-ring (bicyclic) bond motifs is 1. The van der Waals surface area contributed by atoms with Gasteiger partial charge in [0.1, 0.15) is 0 Å². The van der Waals surface area contributed by atoms with Gasteiger partial charge < -0.3 is 5.11 Å². The van der Waals surface area contributed by atoms with E-state index in [1.807, 2.05) is 42.5 Å². The monoisotopic (exact) mass is 299 g/mol. The summed E-state index contributed by atoms with van der Waals surface area (Å²) in [5.74, 6) is -0.962. The summed E-state index contributed by atoms with van der Waals surface area (Å²) in [5, 5.41) is 20.6. The molecular formula is C20H13NO2. The highest BCUT2D eigenvalue weighted by Gasteiger charge is 2.04. The summed E-state index contributed by atoms with van der Waals surface area (Å²) in [4.78, 5) is 10.9. The first kappa shape index (κ1) is 14.6. The van der Waals surface area contributed by atoms with Crippen LogP contribution in [-0.2, 0) is 0 Å². The molecule has 23 heavy (non-hydrogen) atoms. The fourth-order valence-electron chi connectivity index (χ4n) is 2.43. The molecule has 3 heteroatoms. The first-order chi connectivity index (χ1) is 11.2. The molecule has 110 valence electrons. The summed E-state index contributed by atoms with van der Waals surface area (Å²) in [6.45, 7) is 0. The first-order valence-electron chi connectivity index (χ1n) is 7.12. The molecular weight excluding hydrogens is 286 g/mol. The van der Waals surface area contributed by atoms with Gasteiger partial charge in [0.15, 0.2) is 0 Å². The van der Waals surface area contributed by atoms with Crippen molar-refractivity contribution in [1.82, 2.24) is 0 Å². The van der Waals surface area contributed by atoms with Crippen LogP contribution in [0.5, 0.6) is 0 Å². The molecule has 0 saturated carbocycles. The van der Waals surface area contributed by atoms with Crippen molar-refractivity contribution in [3.63, 3.8) is 0 Å². The lowest BCUT2D eigenvalue weighted by atomic mass is 10.00. The largest absolute Gasteiger partial charge is 0.478 e. The highest BCUT2D eigenvalue weighted by molar-refractivity contribution is 5.94. The maximum atomic E-state index is 10.9. The van der Waals surface area contributed by atoms with Gasteiger partial charge in [0, 0.05) is 0 Å². The summed E-state index contributed by atoms with van der Waals surface area (Å²) in [7, 11) is 0. The van der Waals surface area contributed by atoms with Gasteiger partial charge in [-0.05, 0) is 46.2 Å². The van der Waals surface area contributed by atoms with Gasteiger partial charge in [-0.1, -0.05) is 48.5 Å². The summed E-state index contributed by atoms with van der Waals surface area (Å²) in [6.07, 6.45) is 1.76. The molecule has 0 radical (unpaired) electrons. The lowest BCUT2D eigenvalue weighted by Gasteiger charge is -2.03. The van der Waals surface area contributed by atoms with Crippen molar-refractivity contribution >= 4 is 28.4 Å². The molecule has 1 N–H and O–H groups in total. The number of carboxylic acids is 1. The van der Waals surface area contributed by atoms with E-state index in [0.29, 0.717) is 5.57 Å². The van der Waals surface area contributed by atoms with Gasteiger partial charge in [0.2, 0.25) is 0 Å². The quantitative estimate of drug-likeness (QED) is 0.568. The molecule has 0 aromatic heterocycles. The van der Waals surface area contributed by atoms with Crippen molar-refractivity contribution in [2.45, 2.75) is 0 Å². The maximum Gasteiger partial charge on any atom is 0.335 e. The molecule has 0 aliphatic rings. The fourth-order valence-corrected chi connectivity index (χ4v) is 2.43. The van der Waals surface area contributed by atoms with Crippen molar-refractivity contribution in [2.24, 2.45) is 0 Å². The van der Waals surface area contributed by atoms with Gasteiger partial charge in [-0.25, -0.2) is 4.79 Å². The van der Waals surface area contributed by atoms with Gasteiger partial charge in [-0.2, -0.15) is 5.26 Å². The standard InChI is InChI=1S/C20H13NO2/c21-13-19(11-14-5-7-16(8-6-14)20(22)23)18-10-9-15-3-1-2-4-17(15)12-18/h1-12H,(H,22,23)/b19-11+. The number of nitriles is 1. The third-order valence-electron chi connectivity index (χ3n) is 3.65.